The molecule has 2 heterocycles. The minimum atomic E-state index is -0.546. The van der Waals surface area contributed by atoms with Crippen molar-refractivity contribution in [2.24, 2.45) is 0 Å². The normalized spacial score (nSPS) is 10.8. The number of hydrogen-bond donors (Lipinski definition) is 0. The van der Waals surface area contributed by atoms with E-state index in [4.69, 9.17) is 13.6 Å². The molecule has 0 atom stereocenters. The van der Waals surface area contributed by atoms with Crippen molar-refractivity contribution in [1.82, 2.24) is 0 Å². The highest BCUT2D eigenvalue weighted by Crippen LogP contribution is 2.28. The summed E-state index contributed by atoms with van der Waals surface area (Å²) in [5.74, 6) is 0.475. The number of ether oxygens (including phenoxy) is 2. The number of benzene rings is 2. The minimum Gasteiger partial charge on any atom is -0.486 e. The van der Waals surface area contributed by atoms with Crippen LogP contribution >= 0.6 is 0 Å². The summed E-state index contributed by atoms with van der Waals surface area (Å²) in [6.45, 7) is 0.127. The highest BCUT2D eigenvalue weighted by molar-refractivity contribution is 6.16. The molecule has 0 fully saturated rings. The van der Waals surface area contributed by atoms with Gasteiger partial charge in [-0.05, 0) is 30.3 Å². The summed E-state index contributed by atoms with van der Waals surface area (Å²) in [6, 6.07) is 17.4. The van der Waals surface area contributed by atoms with E-state index in [2.05, 4.69) is 4.74 Å². The van der Waals surface area contributed by atoms with E-state index in [1.54, 1.807) is 36.4 Å². The third kappa shape index (κ3) is 3.40. The first-order chi connectivity index (χ1) is 13.7. The molecule has 0 bridgehead atoms. The van der Waals surface area contributed by atoms with Crippen LogP contribution < -0.4 is 4.74 Å². The van der Waals surface area contributed by atoms with Gasteiger partial charge in [0.25, 0.3) is 0 Å². The van der Waals surface area contributed by atoms with Crippen LogP contribution in [-0.2, 0) is 11.3 Å². The van der Waals surface area contributed by atoms with E-state index in [9.17, 15) is 9.59 Å². The first-order valence-corrected chi connectivity index (χ1v) is 8.56. The molecule has 0 spiro atoms. The number of carbonyl (C=O) groups excluding carboxylic acids is 2. The quantitative estimate of drug-likeness (QED) is 0.361. The van der Waals surface area contributed by atoms with Crippen LogP contribution in [-0.4, -0.2) is 18.9 Å². The largest absolute Gasteiger partial charge is 0.486 e. The molecule has 140 valence electrons. The fourth-order valence-electron chi connectivity index (χ4n) is 2.84. The van der Waals surface area contributed by atoms with E-state index in [0.717, 1.165) is 0 Å². The molecule has 2 aromatic heterocycles. The number of fused-ring (bicyclic) bond motifs is 1. The maximum Gasteiger partial charge on any atom is 0.373 e. The molecule has 4 aromatic rings. The van der Waals surface area contributed by atoms with Gasteiger partial charge in [-0.3, -0.25) is 4.79 Å². The van der Waals surface area contributed by atoms with E-state index < -0.39 is 5.97 Å². The third-order valence-corrected chi connectivity index (χ3v) is 4.25. The molecule has 0 radical (unpaired) electrons. The van der Waals surface area contributed by atoms with Crippen LogP contribution in [0.3, 0.4) is 0 Å². The Bertz CT molecular complexity index is 1140. The number of hydrogen-bond acceptors (Lipinski definition) is 6. The van der Waals surface area contributed by atoms with Crippen molar-refractivity contribution in [2.75, 3.05) is 7.11 Å². The smallest absolute Gasteiger partial charge is 0.373 e. The zero-order valence-corrected chi connectivity index (χ0v) is 15.0. The van der Waals surface area contributed by atoms with Gasteiger partial charge in [0.2, 0.25) is 5.76 Å². The van der Waals surface area contributed by atoms with E-state index in [1.807, 2.05) is 18.2 Å². The van der Waals surface area contributed by atoms with Crippen molar-refractivity contribution in [1.29, 1.82) is 0 Å². The molecule has 6 nitrogen and oxygen atoms in total. The van der Waals surface area contributed by atoms with Gasteiger partial charge in [-0.2, -0.15) is 0 Å². The lowest BCUT2D eigenvalue weighted by Crippen LogP contribution is -2.00. The van der Waals surface area contributed by atoms with Crippen molar-refractivity contribution in [3.63, 3.8) is 0 Å². The van der Waals surface area contributed by atoms with Gasteiger partial charge in [-0.1, -0.05) is 30.3 Å². The van der Waals surface area contributed by atoms with Crippen molar-refractivity contribution >= 4 is 22.7 Å². The SMILES string of the molecule is COC(=O)c1ccc(COc2ccc3occ(C(=O)c4ccccc4)c3c2)o1. The summed E-state index contributed by atoms with van der Waals surface area (Å²) in [7, 11) is 1.29. The molecule has 2 aromatic carbocycles. The van der Waals surface area contributed by atoms with E-state index in [1.165, 1.54) is 19.4 Å². The molecule has 28 heavy (non-hydrogen) atoms. The van der Waals surface area contributed by atoms with E-state index in [0.29, 0.717) is 33.6 Å². The Labute approximate surface area is 160 Å². The number of ketones is 1. The number of methoxy groups -OCH3 is 1. The fourth-order valence-corrected chi connectivity index (χ4v) is 2.84. The Morgan fingerprint density at radius 3 is 2.61 bits per heavy atom. The van der Waals surface area contributed by atoms with Gasteiger partial charge < -0.3 is 18.3 Å². The lowest BCUT2D eigenvalue weighted by molar-refractivity contribution is 0.0561. The van der Waals surface area contributed by atoms with Gasteiger partial charge in [0.05, 0.1) is 12.7 Å². The summed E-state index contributed by atoms with van der Waals surface area (Å²) in [6.07, 6.45) is 1.46. The molecule has 6 heteroatoms. The molecule has 0 amide bonds. The van der Waals surface area contributed by atoms with Crippen molar-refractivity contribution in [3.05, 3.63) is 89.6 Å². The standard InChI is InChI=1S/C22H16O6/c1-25-22(24)20-10-8-16(28-20)12-26-15-7-9-19-17(11-15)18(13-27-19)21(23)14-5-3-2-4-6-14/h2-11,13H,12H2,1H3. The molecule has 4 rings (SSSR count). The average Bonchev–Trinajstić information content (AvgIpc) is 3.38. The molecular weight excluding hydrogens is 360 g/mol. The number of rotatable bonds is 6. The summed E-state index contributed by atoms with van der Waals surface area (Å²) in [4.78, 5) is 24.2. The molecular formula is C22H16O6. The first-order valence-electron chi connectivity index (χ1n) is 8.56. The number of carbonyl (C=O) groups is 2. The second kappa shape index (κ2) is 7.44. The third-order valence-electron chi connectivity index (χ3n) is 4.25. The average molecular weight is 376 g/mol. The molecule has 0 unspecified atom stereocenters. The van der Waals surface area contributed by atoms with Crippen molar-refractivity contribution < 1.29 is 27.9 Å². The van der Waals surface area contributed by atoms with Crippen molar-refractivity contribution in [3.8, 4) is 5.75 Å². The predicted octanol–water partition coefficient (Wildman–Crippen LogP) is 4.62. The Balaban J connectivity index is 1.55. The number of esters is 1. The van der Waals surface area contributed by atoms with Gasteiger partial charge in [0.15, 0.2) is 5.78 Å². The Kier molecular flexibility index (Phi) is 4.68. The van der Waals surface area contributed by atoms with Crippen LogP contribution in [0.1, 0.15) is 32.2 Å². The van der Waals surface area contributed by atoms with E-state index in [-0.39, 0.29) is 18.2 Å². The van der Waals surface area contributed by atoms with Gasteiger partial charge in [0.1, 0.15) is 30.0 Å². The molecule has 0 N–H and O–H groups in total. The summed E-state index contributed by atoms with van der Waals surface area (Å²) >= 11 is 0. The zero-order chi connectivity index (χ0) is 19.5. The summed E-state index contributed by atoms with van der Waals surface area (Å²) in [5, 5.41) is 0.668. The Morgan fingerprint density at radius 1 is 1.00 bits per heavy atom. The predicted molar refractivity (Wildman–Crippen MR) is 100 cm³/mol. The monoisotopic (exact) mass is 376 g/mol. The fraction of sp³-hybridized carbons (Fsp3) is 0.0909. The van der Waals surface area contributed by atoms with Gasteiger partial charge in [0, 0.05) is 10.9 Å². The maximum absolute atomic E-state index is 12.7. The maximum atomic E-state index is 12.7. The van der Waals surface area contributed by atoms with Crippen LogP contribution in [0.15, 0.2) is 75.8 Å². The van der Waals surface area contributed by atoms with Crippen LogP contribution in [0.2, 0.25) is 0 Å². The van der Waals surface area contributed by atoms with Crippen LogP contribution in [0.25, 0.3) is 11.0 Å². The van der Waals surface area contributed by atoms with Crippen molar-refractivity contribution in [2.45, 2.75) is 6.61 Å². The van der Waals surface area contributed by atoms with Gasteiger partial charge >= 0.3 is 5.97 Å². The van der Waals surface area contributed by atoms with Crippen LogP contribution in [0, 0.1) is 0 Å². The zero-order valence-electron chi connectivity index (χ0n) is 15.0. The second-order valence-electron chi connectivity index (χ2n) is 6.05. The molecule has 0 saturated carbocycles. The Hall–Kier alpha value is -3.80. The highest BCUT2D eigenvalue weighted by Gasteiger charge is 2.16. The first kappa shape index (κ1) is 17.6. The summed E-state index contributed by atoms with van der Waals surface area (Å²) in [5.41, 5.74) is 1.65. The molecule has 0 saturated heterocycles. The molecule has 0 aliphatic rings. The Morgan fingerprint density at radius 2 is 1.82 bits per heavy atom. The molecule has 0 aliphatic heterocycles. The number of furan rings is 2. The van der Waals surface area contributed by atoms with E-state index >= 15 is 0 Å². The minimum absolute atomic E-state index is 0.113. The lowest BCUT2D eigenvalue weighted by Gasteiger charge is -2.05. The topological polar surface area (TPSA) is 78.9 Å². The van der Waals surface area contributed by atoms with Crippen LogP contribution in [0.5, 0.6) is 5.75 Å². The van der Waals surface area contributed by atoms with Gasteiger partial charge in [-0.25, -0.2) is 4.79 Å². The summed E-state index contributed by atoms with van der Waals surface area (Å²) < 4.78 is 21.2. The molecule has 0 aliphatic carbocycles. The van der Waals surface area contributed by atoms with Gasteiger partial charge in [-0.15, -0.1) is 0 Å². The van der Waals surface area contributed by atoms with Crippen LogP contribution in [0.4, 0.5) is 0 Å². The lowest BCUT2D eigenvalue weighted by atomic mass is 10.0. The second-order valence-corrected chi connectivity index (χ2v) is 6.05. The highest BCUT2D eigenvalue weighted by atomic mass is 16.5.